The number of rotatable bonds is 3. The van der Waals surface area contributed by atoms with Crippen LogP contribution in [0.4, 0.5) is 0 Å². The molecule has 0 aromatic carbocycles. The molecule has 2 heterocycles. The normalized spacial score (nSPS) is 12.7. The Morgan fingerprint density at radius 2 is 2.33 bits per heavy atom. The van der Waals surface area contributed by atoms with Crippen molar-refractivity contribution >= 4 is 0 Å². The van der Waals surface area contributed by atoms with Crippen molar-refractivity contribution in [1.82, 2.24) is 9.97 Å². The van der Waals surface area contributed by atoms with Crippen molar-refractivity contribution in [3.63, 3.8) is 0 Å². The van der Waals surface area contributed by atoms with Crippen LogP contribution in [0, 0.1) is 0 Å². The quantitative estimate of drug-likeness (QED) is 0.823. The number of nitrogens with two attached hydrogens (primary N) is 1. The SMILES string of the molecule is CC(N)Cc1coc(-c2ccccn2)n1. The number of oxazole rings is 1. The predicted molar refractivity (Wildman–Crippen MR) is 57.1 cm³/mol. The molecule has 0 spiro atoms. The Morgan fingerprint density at radius 3 is 3.00 bits per heavy atom. The van der Waals surface area contributed by atoms with E-state index in [1.54, 1.807) is 12.5 Å². The molecule has 0 bridgehead atoms. The lowest BCUT2D eigenvalue weighted by atomic mass is 10.2. The van der Waals surface area contributed by atoms with Crippen LogP contribution in [0.2, 0.25) is 0 Å². The molecule has 0 fully saturated rings. The first-order chi connectivity index (χ1) is 7.25. The van der Waals surface area contributed by atoms with Crippen LogP contribution in [-0.2, 0) is 6.42 Å². The molecule has 4 heteroatoms. The van der Waals surface area contributed by atoms with Gasteiger partial charge in [0.2, 0.25) is 5.89 Å². The topological polar surface area (TPSA) is 64.9 Å². The van der Waals surface area contributed by atoms with Crippen LogP contribution < -0.4 is 5.73 Å². The first-order valence-electron chi connectivity index (χ1n) is 4.87. The van der Waals surface area contributed by atoms with Crippen LogP contribution >= 0.6 is 0 Å². The molecule has 2 aromatic rings. The van der Waals surface area contributed by atoms with Crippen LogP contribution in [0.5, 0.6) is 0 Å². The molecular formula is C11H13N3O. The minimum Gasteiger partial charge on any atom is -0.443 e. The molecule has 0 aliphatic carbocycles. The standard InChI is InChI=1S/C11H13N3O/c1-8(12)6-9-7-15-11(14-9)10-4-2-3-5-13-10/h2-5,7-8H,6,12H2,1H3. The van der Waals surface area contributed by atoms with Gasteiger partial charge in [-0.15, -0.1) is 0 Å². The van der Waals surface area contributed by atoms with Crippen molar-refractivity contribution in [3.05, 3.63) is 36.4 Å². The van der Waals surface area contributed by atoms with Gasteiger partial charge in [-0.2, -0.15) is 0 Å². The first kappa shape index (κ1) is 9.86. The van der Waals surface area contributed by atoms with Crippen molar-refractivity contribution in [2.45, 2.75) is 19.4 Å². The summed E-state index contributed by atoms with van der Waals surface area (Å²) in [4.78, 5) is 8.47. The zero-order valence-electron chi connectivity index (χ0n) is 8.55. The summed E-state index contributed by atoms with van der Waals surface area (Å²) >= 11 is 0. The number of nitrogens with zero attached hydrogens (tertiary/aromatic N) is 2. The van der Waals surface area contributed by atoms with E-state index in [-0.39, 0.29) is 6.04 Å². The Labute approximate surface area is 88.2 Å². The Balaban J connectivity index is 2.21. The van der Waals surface area contributed by atoms with Gasteiger partial charge in [0.1, 0.15) is 12.0 Å². The lowest BCUT2D eigenvalue weighted by molar-refractivity contribution is 0.568. The van der Waals surface area contributed by atoms with E-state index in [4.69, 9.17) is 10.2 Å². The van der Waals surface area contributed by atoms with Gasteiger partial charge in [0.25, 0.3) is 0 Å². The van der Waals surface area contributed by atoms with Gasteiger partial charge in [0, 0.05) is 18.7 Å². The van der Waals surface area contributed by atoms with Crippen molar-refractivity contribution < 1.29 is 4.42 Å². The summed E-state index contributed by atoms with van der Waals surface area (Å²) in [6, 6.07) is 5.71. The molecule has 0 radical (unpaired) electrons. The van der Waals surface area contributed by atoms with Crippen LogP contribution in [0.3, 0.4) is 0 Å². The number of hydrogen-bond donors (Lipinski definition) is 1. The summed E-state index contributed by atoms with van der Waals surface area (Å²) in [5.41, 5.74) is 7.29. The van der Waals surface area contributed by atoms with Crippen LogP contribution in [0.15, 0.2) is 35.1 Å². The summed E-state index contributed by atoms with van der Waals surface area (Å²) in [5, 5.41) is 0. The number of pyridine rings is 1. The van der Waals surface area contributed by atoms with Crippen molar-refractivity contribution in [1.29, 1.82) is 0 Å². The molecule has 2 aromatic heterocycles. The molecular weight excluding hydrogens is 190 g/mol. The first-order valence-corrected chi connectivity index (χ1v) is 4.87. The molecule has 1 atom stereocenters. The van der Waals surface area contributed by atoms with Gasteiger partial charge in [0.05, 0.1) is 5.69 Å². The van der Waals surface area contributed by atoms with E-state index < -0.39 is 0 Å². The summed E-state index contributed by atoms with van der Waals surface area (Å²) in [7, 11) is 0. The molecule has 1 unspecified atom stereocenters. The fourth-order valence-corrected chi connectivity index (χ4v) is 1.34. The second kappa shape index (κ2) is 4.23. The monoisotopic (exact) mass is 203 g/mol. The molecule has 2 rings (SSSR count). The maximum absolute atomic E-state index is 5.68. The molecule has 4 nitrogen and oxygen atoms in total. The Hall–Kier alpha value is -1.68. The van der Waals surface area contributed by atoms with Crippen LogP contribution in [0.1, 0.15) is 12.6 Å². The molecule has 0 aliphatic rings. The van der Waals surface area contributed by atoms with E-state index >= 15 is 0 Å². The smallest absolute Gasteiger partial charge is 0.245 e. The third-order valence-corrected chi connectivity index (χ3v) is 1.97. The van der Waals surface area contributed by atoms with Gasteiger partial charge < -0.3 is 10.2 Å². The maximum atomic E-state index is 5.68. The summed E-state index contributed by atoms with van der Waals surface area (Å²) in [5.74, 6) is 0.547. The summed E-state index contributed by atoms with van der Waals surface area (Å²) in [6.45, 7) is 1.94. The highest BCUT2D eigenvalue weighted by Crippen LogP contribution is 2.15. The lowest BCUT2D eigenvalue weighted by Crippen LogP contribution is -2.17. The van der Waals surface area contributed by atoms with Gasteiger partial charge in [-0.3, -0.25) is 4.98 Å². The summed E-state index contributed by atoms with van der Waals surface area (Å²) in [6.07, 6.45) is 4.06. The molecule has 2 N–H and O–H groups in total. The number of aromatic nitrogens is 2. The molecule has 0 saturated carbocycles. The second-order valence-electron chi connectivity index (χ2n) is 3.54. The van der Waals surface area contributed by atoms with Crippen LogP contribution in [0.25, 0.3) is 11.6 Å². The molecule has 78 valence electrons. The Morgan fingerprint density at radius 1 is 1.47 bits per heavy atom. The lowest BCUT2D eigenvalue weighted by Gasteiger charge is -1.98. The zero-order valence-corrected chi connectivity index (χ0v) is 8.55. The molecule has 15 heavy (non-hydrogen) atoms. The van der Waals surface area contributed by atoms with E-state index in [1.807, 2.05) is 25.1 Å². The highest BCUT2D eigenvalue weighted by atomic mass is 16.3. The highest BCUT2D eigenvalue weighted by molar-refractivity contribution is 5.46. The minimum atomic E-state index is 0.0895. The fourth-order valence-electron chi connectivity index (χ4n) is 1.34. The van der Waals surface area contributed by atoms with E-state index in [2.05, 4.69) is 9.97 Å². The van der Waals surface area contributed by atoms with Crippen molar-refractivity contribution in [2.75, 3.05) is 0 Å². The van der Waals surface area contributed by atoms with E-state index in [0.717, 1.165) is 17.8 Å². The largest absolute Gasteiger partial charge is 0.443 e. The highest BCUT2D eigenvalue weighted by Gasteiger charge is 2.08. The van der Waals surface area contributed by atoms with E-state index in [9.17, 15) is 0 Å². The van der Waals surface area contributed by atoms with E-state index in [0.29, 0.717) is 5.89 Å². The third-order valence-electron chi connectivity index (χ3n) is 1.97. The molecule has 0 amide bonds. The second-order valence-corrected chi connectivity index (χ2v) is 3.54. The minimum absolute atomic E-state index is 0.0895. The Kier molecular flexibility index (Phi) is 2.78. The third kappa shape index (κ3) is 2.41. The number of hydrogen-bond acceptors (Lipinski definition) is 4. The van der Waals surface area contributed by atoms with Gasteiger partial charge in [-0.05, 0) is 19.1 Å². The van der Waals surface area contributed by atoms with Gasteiger partial charge in [0.15, 0.2) is 0 Å². The van der Waals surface area contributed by atoms with Crippen molar-refractivity contribution in [3.8, 4) is 11.6 Å². The predicted octanol–water partition coefficient (Wildman–Crippen LogP) is 1.63. The van der Waals surface area contributed by atoms with Gasteiger partial charge in [-0.1, -0.05) is 6.07 Å². The van der Waals surface area contributed by atoms with Gasteiger partial charge >= 0.3 is 0 Å². The average molecular weight is 203 g/mol. The van der Waals surface area contributed by atoms with Crippen molar-refractivity contribution in [2.24, 2.45) is 5.73 Å². The Bertz CT molecular complexity index is 422. The van der Waals surface area contributed by atoms with Crippen LogP contribution in [-0.4, -0.2) is 16.0 Å². The molecule has 0 saturated heterocycles. The molecule has 0 aliphatic heterocycles. The fraction of sp³-hybridized carbons (Fsp3) is 0.273. The average Bonchev–Trinajstić information content (AvgIpc) is 2.67. The maximum Gasteiger partial charge on any atom is 0.245 e. The summed E-state index contributed by atoms with van der Waals surface area (Å²) < 4.78 is 5.32. The van der Waals surface area contributed by atoms with Gasteiger partial charge in [-0.25, -0.2) is 4.98 Å². The zero-order chi connectivity index (χ0) is 10.7. The van der Waals surface area contributed by atoms with E-state index in [1.165, 1.54) is 0 Å².